The van der Waals surface area contributed by atoms with Gasteiger partial charge < -0.3 is 14.4 Å². The third-order valence-electron chi connectivity index (χ3n) is 24.6. The predicted octanol–water partition coefficient (Wildman–Crippen LogP) is 25.8. The summed E-state index contributed by atoms with van der Waals surface area (Å²) < 4.78 is 78.6. The van der Waals surface area contributed by atoms with Crippen LogP contribution >= 0.6 is 0 Å². The smallest absolute Gasteiger partial charge is 0.252 e. The number of anilines is 6. The second kappa shape index (κ2) is 29.5. The zero-order valence-electron chi connectivity index (χ0n) is 76.5. The van der Waals surface area contributed by atoms with Crippen LogP contribution in [-0.2, 0) is 16.2 Å². The van der Waals surface area contributed by atoms with E-state index in [0.29, 0.717) is 5.69 Å². The largest absolute Gasteiger partial charge is 0.310 e. The lowest BCUT2D eigenvalue weighted by atomic mass is 9.33. The maximum atomic E-state index is 10.0. The maximum Gasteiger partial charge on any atom is 0.252 e. The molecule has 2 aliphatic heterocycles. The SMILES string of the molecule is [2H]c1c([2H])c([2H])c2c(c1[2H])c1c([2H])c([2H])c([2H])c([2H])c1n2-c1ccc2c(c1)N(c1c(-c3ccccc3)cc(C(C)(C)C)cc1-c1cccc(-c3ccccc3)c1)c1cc(C(C)(C)C)cc3c1B2c1cc(-c2ccc([Si](c4ccccc4)(c4ccccc4)c4ccccc4)cc2)ccc1N3c1c(-c2ccccc2)cc(C(C)(C)C)cc1-c1cccc(-c2ccccc2)c1. The van der Waals surface area contributed by atoms with Gasteiger partial charge in [-0.1, -0.05) is 390 Å². The van der Waals surface area contributed by atoms with Gasteiger partial charge in [0.25, 0.3) is 6.71 Å². The molecule has 119 heavy (non-hydrogen) atoms. The van der Waals surface area contributed by atoms with Crippen LogP contribution < -0.4 is 46.9 Å². The second-order valence-corrected chi connectivity index (χ2v) is 38.8. The summed E-state index contributed by atoms with van der Waals surface area (Å²) >= 11 is 0. The summed E-state index contributed by atoms with van der Waals surface area (Å²) in [5, 5.41) is 5.10. The molecule has 1 aromatic heterocycles. The molecule has 3 heterocycles. The van der Waals surface area contributed by atoms with Crippen molar-refractivity contribution in [2.45, 2.75) is 78.6 Å². The molecular weight excluding hydrogens is 1450 g/mol. The summed E-state index contributed by atoms with van der Waals surface area (Å²) in [7, 11) is -3.00. The number of fused-ring (bicyclic) bond motifs is 7. The molecule has 5 heteroatoms. The molecule has 0 radical (unpaired) electrons. The molecule has 2 aliphatic rings. The zero-order valence-corrected chi connectivity index (χ0v) is 69.5. The molecule has 18 aromatic rings. The Morgan fingerprint density at radius 1 is 0.261 bits per heavy atom. The summed E-state index contributed by atoms with van der Waals surface area (Å²) in [6, 6.07) is 128. The average Bonchev–Trinajstić information content (AvgIpc) is 1.69. The monoisotopic (exact) mass is 1550 g/mol. The van der Waals surface area contributed by atoms with Crippen LogP contribution in [0.4, 0.5) is 34.1 Å². The van der Waals surface area contributed by atoms with Gasteiger partial charge in [-0.05, 0) is 205 Å². The van der Waals surface area contributed by atoms with Crippen LogP contribution in [0.25, 0.3) is 105 Å². The van der Waals surface area contributed by atoms with Gasteiger partial charge in [0, 0.05) is 61.5 Å². The Morgan fingerprint density at radius 3 is 1.03 bits per heavy atom. The van der Waals surface area contributed by atoms with E-state index in [0.717, 1.165) is 140 Å². The number of hydrogen-bond donors (Lipinski definition) is 0. The average molecular weight is 1550 g/mol. The van der Waals surface area contributed by atoms with Crippen molar-refractivity contribution in [3.8, 4) is 83.6 Å². The number of rotatable bonds is 14. The molecule has 0 unspecified atom stereocenters. The quantitative estimate of drug-likeness (QED) is 0.0794. The van der Waals surface area contributed by atoms with Gasteiger partial charge in [-0.2, -0.15) is 0 Å². The van der Waals surface area contributed by atoms with Crippen molar-refractivity contribution >= 4 is 108 Å². The van der Waals surface area contributed by atoms with Crippen LogP contribution in [0.15, 0.2) is 406 Å². The molecule has 572 valence electrons. The van der Waals surface area contributed by atoms with E-state index in [9.17, 15) is 11.0 Å². The molecule has 17 aromatic carbocycles. The van der Waals surface area contributed by atoms with Crippen molar-refractivity contribution in [3.05, 3.63) is 423 Å². The summed E-state index contributed by atoms with van der Waals surface area (Å²) in [5.41, 5.74) is 25.5. The van der Waals surface area contributed by atoms with Crippen LogP contribution in [0.5, 0.6) is 0 Å². The lowest BCUT2D eigenvalue weighted by Gasteiger charge is -2.47. The van der Waals surface area contributed by atoms with E-state index in [-0.39, 0.29) is 44.7 Å². The van der Waals surface area contributed by atoms with Crippen LogP contribution in [-0.4, -0.2) is 19.4 Å². The molecule has 0 amide bonds. The van der Waals surface area contributed by atoms with Gasteiger partial charge >= 0.3 is 0 Å². The van der Waals surface area contributed by atoms with Crippen molar-refractivity contribution in [1.82, 2.24) is 4.57 Å². The standard InChI is InChI=1S/C114H94BN3Si/c1-112(2,3)87-70-97(80-41-21-12-22-42-80)110(99(72-87)85-47-35-45-82(67-85)77-37-17-10-18-38-77)117-105-66-61-84(79-59-63-94(64-60-79)119(91-49-25-14-26-50-91,92-51-27-15-28-52-92)93-53-29-16-30-54-93)69-102(105)115-101-65-62-90(116-103-57-33-31-55-95(103)96-56-32-34-58-104(96)116)76-106(101)118(108-75-89(114(7,8)9)74-107(117)109(108)115)111-98(81-43-23-13-24-44-81)71-88(113(4,5)6)73-100(111)86-48-36-46-83(68-86)78-39-19-11-20-40-78/h10-76H,1-9H3/i31D,32D,33D,34D,55D,56D,57D,58D. The number of hydrogen-bond acceptors (Lipinski definition) is 2. The highest BCUT2D eigenvalue weighted by atomic mass is 28.3. The van der Waals surface area contributed by atoms with Crippen molar-refractivity contribution < 1.29 is 11.0 Å². The first kappa shape index (κ1) is 65.6. The second-order valence-electron chi connectivity index (χ2n) is 35.0. The van der Waals surface area contributed by atoms with Crippen molar-refractivity contribution in [3.63, 3.8) is 0 Å². The van der Waals surface area contributed by atoms with Gasteiger partial charge in [-0.3, -0.25) is 0 Å². The topological polar surface area (TPSA) is 11.4 Å². The Morgan fingerprint density at radius 2 is 0.597 bits per heavy atom. The molecular formula is C114H94BN3Si. The lowest BCUT2D eigenvalue weighted by molar-refractivity contribution is 0.590. The van der Waals surface area contributed by atoms with Gasteiger partial charge in [0.2, 0.25) is 0 Å². The number of benzene rings is 17. The van der Waals surface area contributed by atoms with E-state index in [2.05, 4.69) is 424 Å². The molecule has 0 bridgehead atoms. The first-order chi connectivity index (χ1) is 61.3. The lowest BCUT2D eigenvalue weighted by Crippen LogP contribution is -2.74. The Labute approximate surface area is 713 Å². The predicted molar refractivity (Wildman–Crippen MR) is 513 cm³/mol. The number of nitrogens with zero attached hydrogens (tertiary/aromatic N) is 3. The normalized spacial score (nSPS) is 13.6. The molecule has 3 nitrogen and oxygen atoms in total. The van der Waals surface area contributed by atoms with Gasteiger partial charge in [-0.15, -0.1) is 0 Å². The van der Waals surface area contributed by atoms with E-state index in [4.69, 9.17) is 0 Å². The maximum absolute atomic E-state index is 10.0. The van der Waals surface area contributed by atoms with Crippen LogP contribution in [0.1, 0.15) is 90.0 Å². The van der Waals surface area contributed by atoms with Gasteiger partial charge in [0.1, 0.15) is 0 Å². The van der Waals surface area contributed by atoms with E-state index in [1.165, 1.54) is 26.3 Å². The van der Waals surface area contributed by atoms with Crippen LogP contribution in [0, 0.1) is 0 Å². The van der Waals surface area contributed by atoms with E-state index < -0.39 is 56.5 Å². The minimum absolute atomic E-state index is 0.00348. The Balaban J connectivity index is 0.962. The van der Waals surface area contributed by atoms with Crippen molar-refractivity contribution in [2.24, 2.45) is 0 Å². The Kier molecular flexibility index (Phi) is 16.3. The first-order valence-electron chi connectivity index (χ1n) is 45.4. The molecule has 0 atom stereocenters. The zero-order chi connectivity index (χ0) is 87.9. The minimum atomic E-state index is -3.00. The highest BCUT2D eigenvalue weighted by Crippen LogP contribution is 2.56. The minimum Gasteiger partial charge on any atom is -0.310 e. The summed E-state index contributed by atoms with van der Waals surface area (Å²) in [6.45, 7) is 20.1. The fourth-order valence-electron chi connectivity index (χ4n) is 18.6. The highest BCUT2D eigenvalue weighted by molar-refractivity contribution is 7.20. The number of aromatic nitrogens is 1. The summed E-state index contributed by atoms with van der Waals surface area (Å²) in [5.74, 6) is 0. The third-order valence-corrected chi connectivity index (χ3v) is 29.4. The summed E-state index contributed by atoms with van der Waals surface area (Å²) in [6.07, 6.45) is 0. The molecule has 20 rings (SSSR count). The van der Waals surface area contributed by atoms with E-state index >= 15 is 0 Å². The molecule has 0 aliphatic carbocycles. The van der Waals surface area contributed by atoms with Crippen LogP contribution in [0.2, 0.25) is 0 Å². The fraction of sp³-hybridized carbons (Fsp3) is 0.105. The van der Waals surface area contributed by atoms with Gasteiger partial charge in [-0.25, -0.2) is 0 Å². The first-order valence-corrected chi connectivity index (χ1v) is 43.4. The van der Waals surface area contributed by atoms with E-state index in [1.54, 1.807) is 4.57 Å². The van der Waals surface area contributed by atoms with Gasteiger partial charge in [0.05, 0.1) is 33.4 Å². The van der Waals surface area contributed by atoms with Crippen molar-refractivity contribution in [1.29, 1.82) is 0 Å². The summed E-state index contributed by atoms with van der Waals surface area (Å²) in [4.78, 5) is 5.12. The molecule has 0 spiro atoms. The van der Waals surface area contributed by atoms with Crippen LogP contribution in [0.3, 0.4) is 0 Å². The number of para-hydroxylation sites is 2. The van der Waals surface area contributed by atoms with E-state index in [1.807, 2.05) is 6.07 Å². The third kappa shape index (κ3) is 13.0. The Hall–Kier alpha value is -13.6. The molecule has 0 fully saturated rings. The molecule has 0 N–H and O–H groups in total. The van der Waals surface area contributed by atoms with Gasteiger partial charge in [0.15, 0.2) is 8.07 Å². The fourth-order valence-corrected chi connectivity index (χ4v) is 23.3. The highest BCUT2D eigenvalue weighted by Gasteiger charge is 2.48. The molecule has 0 saturated heterocycles. The molecule has 0 saturated carbocycles. The Bertz CT molecular complexity index is 7220. The van der Waals surface area contributed by atoms with Crippen molar-refractivity contribution in [2.75, 3.05) is 9.80 Å².